The van der Waals surface area contributed by atoms with Crippen LogP contribution in [0.2, 0.25) is 5.02 Å². The van der Waals surface area contributed by atoms with E-state index in [-0.39, 0.29) is 16.7 Å². The first-order chi connectivity index (χ1) is 21.8. The van der Waals surface area contributed by atoms with Crippen molar-refractivity contribution < 1.29 is 23.9 Å². The number of hydrogen-bond donors (Lipinski definition) is 0. The normalized spacial score (nSPS) is 11.3. The van der Waals surface area contributed by atoms with Gasteiger partial charge in [-0.3, -0.25) is 14.9 Å². The summed E-state index contributed by atoms with van der Waals surface area (Å²) in [5, 5.41) is 30.3. The van der Waals surface area contributed by atoms with Gasteiger partial charge >= 0.3 is 5.97 Å². The summed E-state index contributed by atoms with van der Waals surface area (Å²) in [4.78, 5) is 24.4. The van der Waals surface area contributed by atoms with Gasteiger partial charge in [0.2, 0.25) is 0 Å². The van der Waals surface area contributed by atoms with Gasteiger partial charge < -0.3 is 19.1 Å². The number of rotatable bonds is 14. The molecule has 4 aromatic carbocycles. The molecule has 0 bridgehead atoms. The highest BCUT2D eigenvalue weighted by Crippen LogP contribution is 2.42. The summed E-state index contributed by atoms with van der Waals surface area (Å²) in [5.41, 5.74) is 2.62. The van der Waals surface area contributed by atoms with Gasteiger partial charge in [-0.25, -0.2) is 0 Å². The molecule has 4 rings (SSSR count). The summed E-state index contributed by atoms with van der Waals surface area (Å²) in [6, 6.07) is 18.7. The van der Waals surface area contributed by atoms with Crippen molar-refractivity contribution in [2.75, 3.05) is 38.8 Å². The zero-order chi connectivity index (χ0) is 32.3. The fourth-order valence-electron chi connectivity index (χ4n) is 4.63. The molecule has 0 saturated heterocycles. The Labute approximate surface area is 265 Å². The SMILES string of the molecule is CCOC(=O)CCCN(CC)c1cc(OC)c(N=Nc2ccc(N=Nc3ccc([N+](=O)[O-])cc3Cl)c3ccccc23)cc1OC. The van der Waals surface area contributed by atoms with Gasteiger partial charge in [0.05, 0.1) is 47.8 Å². The molecule has 0 aliphatic carbocycles. The van der Waals surface area contributed by atoms with Crippen molar-refractivity contribution in [1.82, 2.24) is 0 Å². The maximum Gasteiger partial charge on any atom is 0.305 e. The first-order valence-corrected chi connectivity index (χ1v) is 14.6. The second kappa shape index (κ2) is 15.6. The first-order valence-electron chi connectivity index (χ1n) is 14.2. The monoisotopic (exact) mass is 632 g/mol. The number of carbonyl (C=O) groups is 1. The maximum absolute atomic E-state index is 11.8. The first kappa shape index (κ1) is 32.8. The smallest absolute Gasteiger partial charge is 0.305 e. The highest BCUT2D eigenvalue weighted by atomic mass is 35.5. The zero-order valence-corrected chi connectivity index (χ0v) is 26.2. The second-order valence-corrected chi connectivity index (χ2v) is 10.0. The topological polar surface area (TPSA) is 141 Å². The number of hydrogen-bond acceptors (Lipinski definition) is 11. The van der Waals surface area contributed by atoms with Gasteiger partial charge in [0.15, 0.2) is 0 Å². The number of anilines is 1. The van der Waals surface area contributed by atoms with Gasteiger partial charge in [-0.05, 0) is 38.5 Å². The van der Waals surface area contributed by atoms with Gasteiger partial charge in [0, 0.05) is 54.5 Å². The molecule has 4 aromatic rings. The van der Waals surface area contributed by atoms with Crippen LogP contribution >= 0.6 is 11.6 Å². The molecule has 234 valence electrons. The molecule has 0 unspecified atom stereocenters. The lowest BCUT2D eigenvalue weighted by molar-refractivity contribution is -0.384. The molecule has 0 aromatic heterocycles. The van der Waals surface area contributed by atoms with Crippen molar-refractivity contribution >= 4 is 62.5 Å². The van der Waals surface area contributed by atoms with E-state index in [0.717, 1.165) is 16.5 Å². The number of nitro groups is 1. The van der Waals surface area contributed by atoms with Crippen LogP contribution in [0.5, 0.6) is 11.5 Å². The van der Waals surface area contributed by atoms with E-state index in [2.05, 4.69) is 25.4 Å². The molecule has 0 radical (unpaired) electrons. The van der Waals surface area contributed by atoms with Gasteiger partial charge in [-0.1, -0.05) is 35.9 Å². The lowest BCUT2D eigenvalue weighted by Crippen LogP contribution is -2.25. The Morgan fingerprint density at radius 2 is 1.44 bits per heavy atom. The molecule has 0 aliphatic heterocycles. The Hall–Kier alpha value is -5.10. The van der Waals surface area contributed by atoms with Gasteiger partial charge in [-0.2, -0.15) is 0 Å². The molecule has 0 heterocycles. The van der Waals surface area contributed by atoms with E-state index in [9.17, 15) is 14.9 Å². The van der Waals surface area contributed by atoms with Crippen molar-refractivity contribution in [2.45, 2.75) is 26.7 Å². The fraction of sp³-hybridized carbons (Fsp3) is 0.281. The molecule has 0 fully saturated rings. The Bertz CT molecular complexity index is 1750. The summed E-state index contributed by atoms with van der Waals surface area (Å²) in [7, 11) is 3.15. The Morgan fingerprint density at radius 1 is 0.844 bits per heavy atom. The van der Waals surface area contributed by atoms with Crippen molar-refractivity contribution in [1.29, 1.82) is 0 Å². The molecular weight excluding hydrogens is 600 g/mol. The van der Waals surface area contributed by atoms with Crippen LogP contribution in [0.3, 0.4) is 0 Å². The molecule has 45 heavy (non-hydrogen) atoms. The number of methoxy groups -OCH3 is 2. The van der Waals surface area contributed by atoms with Crippen LogP contribution in [0.4, 0.5) is 34.1 Å². The highest BCUT2D eigenvalue weighted by molar-refractivity contribution is 6.33. The lowest BCUT2D eigenvalue weighted by atomic mass is 10.1. The Kier molecular flexibility index (Phi) is 11.4. The maximum atomic E-state index is 11.8. The third kappa shape index (κ3) is 8.09. The molecule has 0 aliphatic rings. The van der Waals surface area contributed by atoms with E-state index < -0.39 is 4.92 Å². The van der Waals surface area contributed by atoms with Crippen LogP contribution < -0.4 is 14.4 Å². The number of carbonyl (C=O) groups excluding carboxylic acids is 1. The second-order valence-electron chi connectivity index (χ2n) is 9.63. The van der Waals surface area contributed by atoms with Crippen LogP contribution in [-0.4, -0.2) is 44.8 Å². The lowest BCUT2D eigenvalue weighted by Gasteiger charge is -2.25. The number of azo groups is 2. The number of nitro benzene ring substituents is 1. The van der Waals surface area contributed by atoms with Crippen molar-refractivity contribution in [3.05, 3.63) is 81.9 Å². The van der Waals surface area contributed by atoms with Gasteiger partial charge in [0.1, 0.15) is 22.9 Å². The average Bonchev–Trinajstić information content (AvgIpc) is 3.05. The van der Waals surface area contributed by atoms with E-state index >= 15 is 0 Å². The van der Waals surface area contributed by atoms with Gasteiger partial charge in [-0.15, -0.1) is 20.5 Å². The number of fused-ring (bicyclic) bond motifs is 1. The summed E-state index contributed by atoms with van der Waals surface area (Å²) < 4.78 is 16.4. The predicted molar refractivity (Wildman–Crippen MR) is 174 cm³/mol. The minimum Gasteiger partial charge on any atom is -0.494 e. The standard InChI is InChI=1S/C32H33ClN6O6/c1-5-38(17-9-12-32(40)45-6-2)29-20-30(43-3)28(19-31(29)44-4)37-35-26-16-15-25(22-10-7-8-11-23(22)26)34-36-27-14-13-21(39(41)42)18-24(27)33/h7-8,10-11,13-16,18-20H,5-6,9,12,17H2,1-4H3. The average molecular weight is 633 g/mol. The predicted octanol–water partition coefficient (Wildman–Crippen LogP) is 9.42. The number of ether oxygens (including phenoxy) is 3. The molecule has 13 heteroatoms. The quantitative estimate of drug-likeness (QED) is 0.0583. The van der Waals surface area contributed by atoms with Crippen LogP contribution in [0.1, 0.15) is 26.7 Å². The van der Waals surface area contributed by atoms with E-state index in [4.69, 9.17) is 25.8 Å². The van der Waals surface area contributed by atoms with Crippen molar-refractivity contribution in [3.8, 4) is 11.5 Å². The van der Waals surface area contributed by atoms with E-state index in [1.54, 1.807) is 39.3 Å². The summed E-state index contributed by atoms with van der Waals surface area (Å²) >= 11 is 6.18. The third-order valence-corrected chi connectivity index (χ3v) is 7.17. The number of nitrogens with zero attached hydrogens (tertiary/aromatic N) is 6. The molecule has 0 spiro atoms. The van der Waals surface area contributed by atoms with Crippen molar-refractivity contribution in [2.24, 2.45) is 20.5 Å². The number of non-ortho nitro benzene ring substituents is 1. The number of benzene rings is 4. The Balaban J connectivity index is 1.61. The highest BCUT2D eigenvalue weighted by Gasteiger charge is 2.17. The summed E-state index contributed by atoms with van der Waals surface area (Å²) in [6.07, 6.45) is 0.956. The van der Waals surface area contributed by atoms with Crippen LogP contribution in [0.15, 0.2) is 87.2 Å². The molecule has 0 saturated carbocycles. The third-order valence-electron chi connectivity index (χ3n) is 6.87. The van der Waals surface area contributed by atoms with E-state index in [1.165, 1.54) is 18.2 Å². The minimum atomic E-state index is -0.524. The largest absolute Gasteiger partial charge is 0.494 e. The minimum absolute atomic E-state index is 0.122. The van der Waals surface area contributed by atoms with Gasteiger partial charge in [0.25, 0.3) is 5.69 Å². The number of halogens is 1. The zero-order valence-electron chi connectivity index (χ0n) is 25.4. The fourth-order valence-corrected chi connectivity index (χ4v) is 4.85. The summed E-state index contributed by atoms with van der Waals surface area (Å²) in [5.74, 6) is 0.882. The summed E-state index contributed by atoms with van der Waals surface area (Å²) in [6.45, 7) is 5.50. The van der Waals surface area contributed by atoms with Crippen LogP contribution in [0.25, 0.3) is 10.8 Å². The van der Waals surface area contributed by atoms with E-state index in [0.29, 0.717) is 66.8 Å². The number of esters is 1. The molecule has 0 atom stereocenters. The Morgan fingerprint density at radius 3 is 2.00 bits per heavy atom. The van der Waals surface area contributed by atoms with E-state index in [1.807, 2.05) is 37.3 Å². The molecular formula is C32H33ClN6O6. The van der Waals surface area contributed by atoms with Crippen LogP contribution in [-0.2, 0) is 9.53 Å². The molecule has 0 N–H and O–H groups in total. The van der Waals surface area contributed by atoms with Crippen molar-refractivity contribution in [3.63, 3.8) is 0 Å². The van der Waals surface area contributed by atoms with Crippen LogP contribution in [0, 0.1) is 10.1 Å². The molecule has 12 nitrogen and oxygen atoms in total. The molecule has 0 amide bonds.